The molecule has 2 aromatic carbocycles. The minimum absolute atomic E-state index is 0.0153. The van der Waals surface area contributed by atoms with Gasteiger partial charge in [0.2, 0.25) is 5.91 Å². The van der Waals surface area contributed by atoms with Gasteiger partial charge in [0, 0.05) is 4.90 Å². The van der Waals surface area contributed by atoms with Gasteiger partial charge in [0.05, 0.1) is 11.8 Å². The highest BCUT2D eigenvalue weighted by atomic mass is 32.2. The van der Waals surface area contributed by atoms with Crippen LogP contribution < -0.4 is 24.3 Å². The van der Waals surface area contributed by atoms with E-state index < -0.39 is 0 Å². The predicted octanol–water partition coefficient (Wildman–Crippen LogP) is 3.83. The number of nitrogens with one attached hydrogen (secondary N) is 1. The molecule has 0 bridgehead atoms. The van der Waals surface area contributed by atoms with Crippen molar-refractivity contribution in [2.75, 3.05) is 32.2 Å². The Labute approximate surface area is 174 Å². The van der Waals surface area contributed by atoms with Gasteiger partial charge >= 0.3 is 0 Å². The fraction of sp³-hybridized carbons (Fsp3) is 0.409. The summed E-state index contributed by atoms with van der Waals surface area (Å²) in [5.74, 6) is 3.52. The normalized spacial score (nSPS) is 15.7. The molecular formula is C22H25NO5S. The number of fused-ring (bicyclic) bond motifs is 2. The van der Waals surface area contributed by atoms with Gasteiger partial charge in [-0.25, -0.2) is 0 Å². The minimum atomic E-state index is -0.0980. The first-order valence-corrected chi connectivity index (χ1v) is 10.8. The van der Waals surface area contributed by atoms with Gasteiger partial charge in [-0.15, -0.1) is 11.8 Å². The third kappa shape index (κ3) is 4.72. The molecule has 1 amide bonds. The lowest BCUT2D eigenvalue weighted by Crippen LogP contribution is -2.33. The molecule has 6 nitrogen and oxygen atoms in total. The van der Waals surface area contributed by atoms with Gasteiger partial charge in [-0.1, -0.05) is 19.9 Å². The molecule has 2 aliphatic heterocycles. The third-order valence-corrected chi connectivity index (χ3v) is 5.79. The average molecular weight is 416 g/mol. The van der Waals surface area contributed by atoms with Crippen molar-refractivity contribution in [2.45, 2.75) is 24.8 Å². The van der Waals surface area contributed by atoms with Crippen molar-refractivity contribution in [1.29, 1.82) is 0 Å². The number of carbonyl (C=O) groups excluding carboxylic acids is 1. The molecule has 0 fully saturated rings. The Morgan fingerprint density at radius 1 is 0.897 bits per heavy atom. The lowest BCUT2D eigenvalue weighted by molar-refractivity contribution is -0.119. The van der Waals surface area contributed by atoms with Gasteiger partial charge in [-0.3, -0.25) is 4.79 Å². The molecule has 0 unspecified atom stereocenters. The van der Waals surface area contributed by atoms with E-state index in [1.165, 1.54) is 11.8 Å². The second-order valence-electron chi connectivity index (χ2n) is 7.29. The van der Waals surface area contributed by atoms with E-state index >= 15 is 0 Å². The summed E-state index contributed by atoms with van der Waals surface area (Å²) >= 11 is 1.48. The van der Waals surface area contributed by atoms with Crippen molar-refractivity contribution < 1.29 is 23.7 Å². The van der Waals surface area contributed by atoms with Crippen molar-refractivity contribution >= 4 is 17.7 Å². The first-order valence-electron chi connectivity index (χ1n) is 9.81. The van der Waals surface area contributed by atoms with Crippen LogP contribution in [0.15, 0.2) is 41.3 Å². The molecule has 154 valence electrons. The Morgan fingerprint density at radius 3 is 2.14 bits per heavy atom. The molecule has 0 saturated heterocycles. The zero-order chi connectivity index (χ0) is 20.2. The van der Waals surface area contributed by atoms with E-state index in [0.29, 0.717) is 32.2 Å². The van der Waals surface area contributed by atoms with E-state index in [1.54, 1.807) is 0 Å². The molecule has 4 rings (SSSR count). The van der Waals surface area contributed by atoms with Gasteiger partial charge < -0.3 is 24.3 Å². The fourth-order valence-corrected chi connectivity index (χ4v) is 4.10. The second kappa shape index (κ2) is 8.86. The summed E-state index contributed by atoms with van der Waals surface area (Å²) in [4.78, 5) is 13.6. The Hall–Kier alpha value is -2.54. The van der Waals surface area contributed by atoms with Crippen LogP contribution in [0.2, 0.25) is 0 Å². The number of thioether (sulfide) groups is 1. The number of hydrogen-bond acceptors (Lipinski definition) is 6. The topological polar surface area (TPSA) is 66.0 Å². The zero-order valence-corrected chi connectivity index (χ0v) is 17.4. The highest BCUT2D eigenvalue weighted by molar-refractivity contribution is 8.00. The maximum Gasteiger partial charge on any atom is 0.230 e. The summed E-state index contributed by atoms with van der Waals surface area (Å²) in [6.45, 7) is 6.41. The highest BCUT2D eigenvalue weighted by Gasteiger charge is 2.22. The fourth-order valence-electron chi connectivity index (χ4n) is 3.37. The summed E-state index contributed by atoms with van der Waals surface area (Å²) in [5.41, 5.74) is 1.02. The average Bonchev–Trinajstić information content (AvgIpc) is 2.75. The van der Waals surface area contributed by atoms with Crippen LogP contribution in [0.1, 0.15) is 25.5 Å². The minimum Gasteiger partial charge on any atom is -0.486 e. The highest BCUT2D eigenvalue weighted by Crippen LogP contribution is 2.35. The van der Waals surface area contributed by atoms with Crippen molar-refractivity contribution in [3.63, 3.8) is 0 Å². The van der Waals surface area contributed by atoms with E-state index in [-0.39, 0.29) is 17.9 Å². The van der Waals surface area contributed by atoms with Crippen LogP contribution in [-0.2, 0) is 4.79 Å². The SMILES string of the molecule is CC(C)[C@H](NC(=O)CSc1ccc2c(c1)OCCO2)c1ccc2c(c1)OCCO2. The first kappa shape index (κ1) is 19.8. The standard InChI is InChI=1S/C22H25NO5S/c1-14(2)22(15-3-5-17-19(11-15)27-9-7-25-17)23-21(24)13-29-16-4-6-18-20(12-16)28-10-8-26-18/h3-6,11-12,14,22H,7-10,13H2,1-2H3,(H,23,24)/t22-/m0/s1. The first-order chi connectivity index (χ1) is 14.1. The molecule has 0 radical (unpaired) electrons. The van der Waals surface area contributed by atoms with Crippen LogP contribution in [0.5, 0.6) is 23.0 Å². The summed E-state index contributed by atoms with van der Waals surface area (Å²) in [7, 11) is 0. The van der Waals surface area contributed by atoms with E-state index in [1.807, 2.05) is 36.4 Å². The van der Waals surface area contributed by atoms with Crippen molar-refractivity contribution in [3.8, 4) is 23.0 Å². The summed E-state index contributed by atoms with van der Waals surface area (Å²) in [6.07, 6.45) is 0. The zero-order valence-electron chi connectivity index (χ0n) is 16.6. The van der Waals surface area contributed by atoms with Crippen LogP contribution >= 0.6 is 11.8 Å². The van der Waals surface area contributed by atoms with Crippen LogP contribution in [0, 0.1) is 5.92 Å². The second-order valence-corrected chi connectivity index (χ2v) is 8.34. The largest absolute Gasteiger partial charge is 0.486 e. The van der Waals surface area contributed by atoms with Gasteiger partial charge in [-0.2, -0.15) is 0 Å². The Kier molecular flexibility index (Phi) is 6.04. The van der Waals surface area contributed by atoms with E-state index in [9.17, 15) is 4.79 Å². The van der Waals surface area contributed by atoms with Gasteiger partial charge in [0.15, 0.2) is 23.0 Å². The molecule has 1 atom stereocenters. The van der Waals surface area contributed by atoms with Gasteiger partial charge in [0.1, 0.15) is 26.4 Å². The molecule has 29 heavy (non-hydrogen) atoms. The summed E-state index contributed by atoms with van der Waals surface area (Å²) in [6, 6.07) is 11.5. The molecular weight excluding hydrogens is 390 g/mol. The molecule has 0 aliphatic carbocycles. The van der Waals surface area contributed by atoms with Crippen molar-refractivity contribution in [3.05, 3.63) is 42.0 Å². The van der Waals surface area contributed by atoms with Crippen LogP contribution in [0.25, 0.3) is 0 Å². The van der Waals surface area contributed by atoms with E-state index in [0.717, 1.165) is 33.5 Å². The molecule has 2 aliphatic rings. The Morgan fingerprint density at radius 2 is 1.48 bits per heavy atom. The number of rotatable bonds is 6. The number of benzene rings is 2. The van der Waals surface area contributed by atoms with Crippen molar-refractivity contribution in [1.82, 2.24) is 5.32 Å². The monoisotopic (exact) mass is 415 g/mol. The van der Waals surface area contributed by atoms with E-state index in [2.05, 4.69) is 19.2 Å². The Bertz CT molecular complexity index is 886. The Balaban J connectivity index is 1.39. The lowest BCUT2D eigenvalue weighted by atomic mass is 9.95. The lowest BCUT2D eigenvalue weighted by Gasteiger charge is -2.25. The number of carbonyl (C=O) groups is 1. The molecule has 0 saturated carbocycles. The molecule has 7 heteroatoms. The molecule has 0 spiro atoms. The van der Waals surface area contributed by atoms with Gasteiger partial charge in [0.25, 0.3) is 0 Å². The molecule has 2 aromatic rings. The maximum absolute atomic E-state index is 12.6. The van der Waals surface area contributed by atoms with Crippen LogP contribution in [-0.4, -0.2) is 38.1 Å². The molecule has 0 aromatic heterocycles. The number of hydrogen-bond donors (Lipinski definition) is 1. The molecule has 1 N–H and O–H groups in total. The van der Waals surface area contributed by atoms with Crippen LogP contribution in [0.3, 0.4) is 0 Å². The third-order valence-electron chi connectivity index (χ3n) is 4.79. The summed E-state index contributed by atoms with van der Waals surface area (Å²) in [5, 5.41) is 3.16. The predicted molar refractivity (Wildman–Crippen MR) is 111 cm³/mol. The molecule has 2 heterocycles. The number of amides is 1. The van der Waals surface area contributed by atoms with Crippen molar-refractivity contribution in [2.24, 2.45) is 5.92 Å². The summed E-state index contributed by atoms with van der Waals surface area (Å²) < 4.78 is 22.4. The van der Waals surface area contributed by atoms with Crippen LogP contribution in [0.4, 0.5) is 0 Å². The van der Waals surface area contributed by atoms with Gasteiger partial charge in [-0.05, 0) is 41.8 Å². The van der Waals surface area contributed by atoms with E-state index in [4.69, 9.17) is 18.9 Å². The smallest absolute Gasteiger partial charge is 0.230 e. The quantitative estimate of drug-likeness (QED) is 0.724. The number of ether oxygens (including phenoxy) is 4. The maximum atomic E-state index is 12.6.